The van der Waals surface area contributed by atoms with E-state index < -0.39 is 36.2 Å². The minimum Gasteiger partial charge on any atom is -0.452 e. The lowest BCUT2D eigenvalue weighted by Crippen LogP contribution is -2.28. The molecule has 2 rings (SSSR count). The second-order valence-electron chi connectivity index (χ2n) is 5.29. The molecule has 2 amide bonds. The van der Waals surface area contributed by atoms with Crippen molar-refractivity contribution in [2.45, 2.75) is 0 Å². The zero-order valence-corrected chi connectivity index (χ0v) is 14.5. The lowest BCUT2D eigenvalue weighted by molar-refractivity contribution is -0.119. The van der Waals surface area contributed by atoms with Gasteiger partial charge in [0.15, 0.2) is 6.61 Å². The Morgan fingerprint density at radius 1 is 1.11 bits per heavy atom. The number of carbonyl (C=O) groups excluding carboxylic acids is 3. The number of para-hydroxylation sites is 1. The lowest BCUT2D eigenvalue weighted by Gasteiger charge is -2.18. The smallest absolute Gasteiger partial charge is 0.413 e. The molecule has 2 aromatic rings. The molecule has 0 spiro atoms. The van der Waals surface area contributed by atoms with E-state index in [1.165, 1.54) is 26.3 Å². The Bertz CT molecular complexity index is 873. The van der Waals surface area contributed by atoms with Crippen molar-refractivity contribution in [3.05, 3.63) is 59.7 Å². The quantitative estimate of drug-likeness (QED) is 0.809. The van der Waals surface area contributed by atoms with Crippen molar-refractivity contribution in [3.63, 3.8) is 0 Å². The summed E-state index contributed by atoms with van der Waals surface area (Å²) in [5.41, 5.74) is -0.136. The van der Waals surface area contributed by atoms with Gasteiger partial charge in [-0.15, -0.1) is 0 Å². The molecule has 0 aliphatic carbocycles. The van der Waals surface area contributed by atoms with Crippen LogP contribution in [-0.4, -0.2) is 38.7 Å². The topological polar surface area (TPSA) is 84.9 Å². The fraction of sp³-hybridized carbons (Fsp3) is 0.167. The van der Waals surface area contributed by atoms with Crippen molar-refractivity contribution >= 4 is 29.3 Å². The van der Waals surface area contributed by atoms with E-state index in [9.17, 15) is 23.2 Å². The summed E-state index contributed by atoms with van der Waals surface area (Å²) in [6, 6.07) is 8.61. The molecule has 0 heterocycles. The van der Waals surface area contributed by atoms with Gasteiger partial charge in [0.2, 0.25) is 0 Å². The molecule has 0 fully saturated rings. The summed E-state index contributed by atoms with van der Waals surface area (Å²) in [5.74, 6) is -3.30. The SMILES string of the molecule is COC(=O)N(C)c1ccccc1C(=O)OCC(=O)Nc1cc(F)ccc1F. The first-order chi connectivity index (χ1) is 12.8. The Morgan fingerprint density at radius 2 is 1.81 bits per heavy atom. The van der Waals surface area contributed by atoms with Gasteiger partial charge in [0.1, 0.15) is 11.6 Å². The Labute approximate surface area is 153 Å². The van der Waals surface area contributed by atoms with Crippen molar-refractivity contribution in [2.24, 2.45) is 0 Å². The predicted molar refractivity (Wildman–Crippen MR) is 92.5 cm³/mol. The molecule has 7 nitrogen and oxygen atoms in total. The van der Waals surface area contributed by atoms with Crippen LogP contribution < -0.4 is 10.2 Å². The number of methoxy groups -OCH3 is 1. The van der Waals surface area contributed by atoms with Crippen molar-refractivity contribution in [1.82, 2.24) is 0 Å². The minimum absolute atomic E-state index is 0.0233. The molecule has 0 aromatic heterocycles. The van der Waals surface area contributed by atoms with Crippen molar-refractivity contribution in [3.8, 4) is 0 Å². The highest BCUT2D eigenvalue weighted by atomic mass is 19.1. The summed E-state index contributed by atoms with van der Waals surface area (Å²) in [7, 11) is 2.59. The third-order valence-corrected chi connectivity index (χ3v) is 3.47. The van der Waals surface area contributed by atoms with E-state index in [-0.39, 0.29) is 16.9 Å². The third kappa shape index (κ3) is 5.00. The number of anilines is 2. The number of esters is 1. The van der Waals surface area contributed by atoms with Crippen LogP contribution in [0.5, 0.6) is 0 Å². The first kappa shape index (κ1) is 19.8. The summed E-state index contributed by atoms with van der Waals surface area (Å²) < 4.78 is 36.1. The number of halogens is 2. The summed E-state index contributed by atoms with van der Waals surface area (Å²) >= 11 is 0. The number of hydrogen-bond donors (Lipinski definition) is 1. The minimum atomic E-state index is -0.879. The van der Waals surface area contributed by atoms with Crippen LogP contribution in [0.3, 0.4) is 0 Å². The van der Waals surface area contributed by atoms with E-state index in [1.807, 2.05) is 0 Å². The van der Waals surface area contributed by atoms with Crippen LogP contribution in [0.15, 0.2) is 42.5 Å². The van der Waals surface area contributed by atoms with Crippen LogP contribution in [0.2, 0.25) is 0 Å². The van der Waals surface area contributed by atoms with Crippen LogP contribution >= 0.6 is 0 Å². The molecule has 0 bridgehead atoms. The average Bonchev–Trinajstić information content (AvgIpc) is 2.67. The van der Waals surface area contributed by atoms with Crippen molar-refractivity contribution in [1.29, 1.82) is 0 Å². The second kappa shape index (κ2) is 8.75. The zero-order chi connectivity index (χ0) is 20.0. The van der Waals surface area contributed by atoms with Crippen LogP contribution in [-0.2, 0) is 14.3 Å². The molecule has 0 radical (unpaired) electrons. The first-order valence-electron chi connectivity index (χ1n) is 7.66. The Hall–Kier alpha value is -3.49. The van der Waals surface area contributed by atoms with E-state index in [1.54, 1.807) is 12.1 Å². The Morgan fingerprint density at radius 3 is 2.52 bits per heavy atom. The standard InChI is InChI=1S/C18H16F2N2O5/c1-22(18(25)26-2)15-6-4-3-5-12(15)17(24)27-10-16(23)21-14-9-11(19)7-8-13(14)20/h3-9H,10H2,1-2H3,(H,21,23). The van der Waals surface area contributed by atoms with Crippen LogP contribution in [0.4, 0.5) is 25.0 Å². The van der Waals surface area contributed by atoms with E-state index in [0.29, 0.717) is 0 Å². The summed E-state index contributed by atoms with van der Waals surface area (Å²) in [4.78, 5) is 36.8. The molecule has 142 valence electrons. The Balaban J connectivity index is 2.05. The molecule has 0 saturated carbocycles. The number of nitrogens with zero attached hydrogens (tertiary/aromatic N) is 1. The molecular weight excluding hydrogens is 362 g/mol. The molecule has 0 atom stereocenters. The van der Waals surface area contributed by atoms with Gasteiger partial charge in [-0.05, 0) is 24.3 Å². The van der Waals surface area contributed by atoms with Gasteiger partial charge >= 0.3 is 12.1 Å². The highest BCUT2D eigenvalue weighted by Gasteiger charge is 2.20. The van der Waals surface area contributed by atoms with Crippen molar-refractivity contribution < 1.29 is 32.6 Å². The fourth-order valence-electron chi connectivity index (χ4n) is 2.16. The number of amides is 2. The number of nitrogens with one attached hydrogen (secondary N) is 1. The van der Waals surface area contributed by atoms with E-state index in [0.717, 1.165) is 23.1 Å². The molecule has 0 aliphatic heterocycles. The molecular formula is C18H16F2N2O5. The summed E-state index contributed by atoms with van der Waals surface area (Å²) in [6.07, 6.45) is -0.699. The van der Waals surface area contributed by atoms with Crippen LogP contribution in [0, 0.1) is 11.6 Å². The maximum absolute atomic E-state index is 13.5. The normalized spacial score (nSPS) is 10.1. The van der Waals surface area contributed by atoms with Gasteiger partial charge in [-0.2, -0.15) is 0 Å². The predicted octanol–water partition coefficient (Wildman–Crippen LogP) is 2.96. The van der Waals surface area contributed by atoms with Gasteiger partial charge in [0, 0.05) is 13.1 Å². The molecule has 2 aromatic carbocycles. The van der Waals surface area contributed by atoms with Gasteiger partial charge in [-0.1, -0.05) is 12.1 Å². The molecule has 27 heavy (non-hydrogen) atoms. The number of ether oxygens (including phenoxy) is 2. The molecule has 0 aliphatic rings. The maximum Gasteiger partial charge on any atom is 0.413 e. The zero-order valence-electron chi connectivity index (χ0n) is 14.5. The Kier molecular flexibility index (Phi) is 6.42. The molecule has 1 N–H and O–H groups in total. The first-order valence-corrected chi connectivity index (χ1v) is 7.66. The van der Waals surface area contributed by atoms with Crippen LogP contribution in [0.25, 0.3) is 0 Å². The largest absolute Gasteiger partial charge is 0.452 e. The monoisotopic (exact) mass is 378 g/mol. The highest BCUT2D eigenvalue weighted by Crippen LogP contribution is 2.21. The van der Waals surface area contributed by atoms with Crippen LogP contribution in [0.1, 0.15) is 10.4 Å². The number of benzene rings is 2. The van der Waals surface area contributed by atoms with Crippen molar-refractivity contribution in [2.75, 3.05) is 31.0 Å². The van der Waals surface area contributed by atoms with Gasteiger partial charge in [0.25, 0.3) is 5.91 Å². The van der Waals surface area contributed by atoms with Gasteiger partial charge in [-0.25, -0.2) is 18.4 Å². The van der Waals surface area contributed by atoms with Gasteiger partial charge < -0.3 is 14.8 Å². The van der Waals surface area contributed by atoms with E-state index in [2.05, 4.69) is 10.1 Å². The fourth-order valence-corrected chi connectivity index (χ4v) is 2.16. The summed E-state index contributed by atoms with van der Waals surface area (Å²) in [6.45, 7) is -0.731. The molecule has 9 heteroatoms. The third-order valence-electron chi connectivity index (χ3n) is 3.47. The average molecular weight is 378 g/mol. The highest BCUT2D eigenvalue weighted by molar-refractivity contribution is 6.01. The number of carbonyl (C=O) groups is 3. The van der Waals surface area contributed by atoms with E-state index >= 15 is 0 Å². The molecule has 0 saturated heterocycles. The maximum atomic E-state index is 13.5. The van der Waals surface area contributed by atoms with Gasteiger partial charge in [-0.3, -0.25) is 9.69 Å². The van der Waals surface area contributed by atoms with E-state index in [4.69, 9.17) is 4.74 Å². The summed E-state index contributed by atoms with van der Waals surface area (Å²) in [5, 5.41) is 2.11. The molecule has 0 unspecified atom stereocenters. The number of rotatable bonds is 5. The number of hydrogen-bond acceptors (Lipinski definition) is 5. The van der Waals surface area contributed by atoms with Gasteiger partial charge in [0.05, 0.1) is 24.0 Å². The second-order valence-corrected chi connectivity index (χ2v) is 5.29. The lowest BCUT2D eigenvalue weighted by atomic mass is 10.1.